The highest BCUT2D eigenvalue weighted by atomic mass is 79.9. The molecule has 3 aromatic rings. The second kappa shape index (κ2) is 5.09. The fourth-order valence-corrected chi connectivity index (χ4v) is 2.35. The largest absolute Gasteiger partial charge is 0.396 e. The highest BCUT2D eigenvalue weighted by Gasteiger charge is 2.14. The number of nitrogen functional groups attached to an aromatic ring is 1. The maximum atomic E-state index is 13.9. The van der Waals surface area contributed by atoms with Gasteiger partial charge in [-0.05, 0) is 30.3 Å². The highest BCUT2D eigenvalue weighted by Crippen LogP contribution is 2.30. The molecule has 0 radical (unpaired) electrons. The number of anilines is 1. The van der Waals surface area contributed by atoms with Crippen LogP contribution in [0.15, 0.2) is 59.2 Å². The van der Waals surface area contributed by atoms with Crippen molar-refractivity contribution in [1.29, 1.82) is 0 Å². The minimum absolute atomic E-state index is 0.349. The Hall–Kier alpha value is -2.14. The molecule has 0 fully saturated rings. The van der Waals surface area contributed by atoms with Gasteiger partial charge in [0, 0.05) is 10.0 Å². The second-order valence-electron chi connectivity index (χ2n) is 4.34. The Morgan fingerprint density at radius 2 is 1.85 bits per heavy atom. The minimum Gasteiger partial charge on any atom is -0.396 e. The number of nitrogens with zero attached hydrogens (tertiary/aromatic N) is 2. The molecular formula is C15H11BrFN3. The summed E-state index contributed by atoms with van der Waals surface area (Å²) in [5, 5.41) is 4.38. The zero-order chi connectivity index (χ0) is 14.1. The first kappa shape index (κ1) is 12.9. The smallest absolute Gasteiger partial charge is 0.132 e. The van der Waals surface area contributed by atoms with Gasteiger partial charge in [-0.2, -0.15) is 5.10 Å². The number of benzene rings is 2. The van der Waals surface area contributed by atoms with Gasteiger partial charge in [-0.25, -0.2) is 9.07 Å². The number of hydrogen-bond acceptors (Lipinski definition) is 2. The summed E-state index contributed by atoms with van der Waals surface area (Å²) in [6.07, 6.45) is 1.69. The van der Waals surface area contributed by atoms with Crippen LogP contribution in [-0.4, -0.2) is 9.78 Å². The quantitative estimate of drug-likeness (QED) is 0.770. The van der Waals surface area contributed by atoms with Gasteiger partial charge in [0.25, 0.3) is 0 Å². The van der Waals surface area contributed by atoms with Gasteiger partial charge in [0.2, 0.25) is 0 Å². The summed E-state index contributed by atoms with van der Waals surface area (Å²) in [5.74, 6) is -0.349. The Morgan fingerprint density at radius 1 is 1.10 bits per heavy atom. The van der Waals surface area contributed by atoms with Crippen molar-refractivity contribution in [2.24, 2.45) is 0 Å². The van der Waals surface area contributed by atoms with E-state index in [2.05, 4.69) is 21.0 Å². The lowest BCUT2D eigenvalue weighted by atomic mass is 10.1. The zero-order valence-corrected chi connectivity index (χ0v) is 12.0. The molecule has 1 heterocycles. The molecule has 0 saturated heterocycles. The Morgan fingerprint density at radius 3 is 2.60 bits per heavy atom. The molecule has 1 aromatic heterocycles. The monoisotopic (exact) mass is 331 g/mol. The molecule has 0 bridgehead atoms. The topological polar surface area (TPSA) is 43.8 Å². The zero-order valence-electron chi connectivity index (χ0n) is 10.4. The van der Waals surface area contributed by atoms with E-state index in [9.17, 15) is 4.39 Å². The van der Waals surface area contributed by atoms with Gasteiger partial charge in [-0.3, -0.25) is 0 Å². The van der Waals surface area contributed by atoms with Crippen LogP contribution in [0.3, 0.4) is 0 Å². The molecule has 0 aliphatic carbocycles. The molecule has 3 nitrogen and oxygen atoms in total. The number of para-hydroxylation sites is 1. The van der Waals surface area contributed by atoms with E-state index in [1.54, 1.807) is 23.0 Å². The molecule has 2 aromatic carbocycles. The summed E-state index contributed by atoms with van der Waals surface area (Å²) >= 11 is 3.33. The van der Waals surface area contributed by atoms with Crippen LogP contribution < -0.4 is 5.73 Å². The van der Waals surface area contributed by atoms with Gasteiger partial charge in [0.1, 0.15) is 11.5 Å². The van der Waals surface area contributed by atoms with E-state index in [-0.39, 0.29) is 5.82 Å². The lowest BCUT2D eigenvalue weighted by Gasteiger charge is -2.02. The van der Waals surface area contributed by atoms with Crippen molar-refractivity contribution in [2.75, 3.05) is 5.73 Å². The first-order valence-electron chi connectivity index (χ1n) is 6.01. The summed E-state index contributed by atoms with van der Waals surface area (Å²) in [6, 6.07) is 14.3. The van der Waals surface area contributed by atoms with E-state index < -0.39 is 0 Å². The summed E-state index contributed by atoms with van der Waals surface area (Å²) in [7, 11) is 0. The van der Waals surface area contributed by atoms with Gasteiger partial charge in [0.05, 0.1) is 17.6 Å². The second-order valence-corrected chi connectivity index (χ2v) is 5.25. The van der Waals surface area contributed by atoms with Gasteiger partial charge in [-0.15, -0.1) is 0 Å². The molecule has 0 atom stereocenters. The number of aromatic nitrogens is 2. The molecule has 100 valence electrons. The third kappa shape index (κ3) is 2.32. The van der Waals surface area contributed by atoms with E-state index >= 15 is 0 Å². The van der Waals surface area contributed by atoms with Gasteiger partial charge < -0.3 is 5.73 Å². The molecule has 0 aliphatic heterocycles. The maximum absolute atomic E-state index is 13.9. The van der Waals surface area contributed by atoms with Crippen LogP contribution in [0, 0.1) is 5.82 Å². The molecule has 0 amide bonds. The average molecular weight is 332 g/mol. The van der Waals surface area contributed by atoms with Crippen molar-refractivity contribution in [1.82, 2.24) is 9.78 Å². The van der Waals surface area contributed by atoms with Gasteiger partial charge in [0.15, 0.2) is 0 Å². The highest BCUT2D eigenvalue weighted by molar-refractivity contribution is 9.10. The van der Waals surface area contributed by atoms with E-state index in [4.69, 9.17) is 5.73 Å². The summed E-state index contributed by atoms with van der Waals surface area (Å²) in [4.78, 5) is 0. The lowest BCUT2D eigenvalue weighted by molar-refractivity contribution is 0.630. The molecule has 20 heavy (non-hydrogen) atoms. The Kier molecular flexibility index (Phi) is 3.28. The van der Waals surface area contributed by atoms with Crippen LogP contribution in [0.25, 0.3) is 16.9 Å². The Balaban J connectivity index is 2.12. The molecular weight excluding hydrogens is 321 g/mol. The minimum atomic E-state index is -0.349. The van der Waals surface area contributed by atoms with Crippen LogP contribution in [-0.2, 0) is 0 Å². The van der Waals surface area contributed by atoms with Gasteiger partial charge in [-0.1, -0.05) is 34.1 Å². The molecule has 2 N–H and O–H groups in total. The predicted octanol–water partition coefficient (Wildman–Crippen LogP) is 4.02. The van der Waals surface area contributed by atoms with Crippen molar-refractivity contribution < 1.29 is 4.39 Å². The van der Waals surface area contributed by atoms with Crippen LogP contribution in [0.1, 0.15) is 0 Å². The van der Waals surface area contributed by atoms with Gasteiger partial charge >= 0.3 is 0 Å². The third-order valence-electron chi connectivity index (χ3n) is 2.95. The van der Waals surface area contributed by atoms with Crippen molar-refractivity contribution in [2.45, 2.75) is 0 Å². The van der Waals surface area contributed by atoms with Crippen molar-refractivity contribution in [3.8, 4) is 16.9 Å². The molecule has 0 saturated carbocycles. The number of halogens is 2. The standard InChI is InChI=1S/C15H11BrFN3/c16-10-6-7-13(17)12(8-10)15-14(18)9-20(19-15)11-4-2-1-3-5-11/h1-9H,18H2. The van der Waals surface area contributed by atoms with E-state index in [1.165, 1.54) is 6.07 Å². The fraction of sp³-hybridized carbons (Fsp3) is 0. The summed E-state index contributed by atoms with van der Waals surface area (Å²) < 4.78 is 16.3. The lowest BCUT2D eigenvalue weighted by Crippen LogP contribution is -1.94. The van der Waals surface area contributed by atoms with Crippen molar-refractivity contribution in [3.63, 3.8) is 0 Å². The predicted molar refractivity (Wildman–Crippen MR) is 81.1 cm³/mol. The Bertz CT molecular complexity index is 753. The maximum Gasteiger partial charge on any atom is 0.132 e. The summed E-state index contributed by atoms with van der Waals surface area (Å²) in [6.45, 7) is 0. The summed E-state index contributed by atoms with van der Waals surface area (Å²) in [5.41, 5.74) is 8.09. The number of rotatable bonds is 2. The SMILES string of the molecule is Nc1cn(-c2ccccc2)nc1-c1cc(Br)ccc1F. The van der Waals surface area contributed by atoms with Crippen LogP contribution >= 0.6 is 15.9 Å². The van der Waals surface area contributed by atoms with Crippen LogP contribution in [0.4, 0.5) is 10.1 Å². The molecule has 3 rings (SSSR count). The van der Waals surface area contributed by atoms with Crippen molar-refractivity contribution >= 4 is 21.6 Å². The van der Waals surface area contributed by atoms with E-state index in [0.29, 0.717) is 16.9 Å². The first-order chi connectivity index (χ1) is 9.65. The van der Waals surface area contributed by atoms with E-state index in [0.717, 1.165) is 10.2 Å². The third-order valence-corrected chi connectivity index (χ3v) is 3.44. The first-order valence-corrected chi connectivity index (χ1v) is 6.80. The fourth-order valence-electron chi connectivity index (χ4n) is 1.99. The normalized spacial score (nSPS) is 10.7. The molecule has 0 aliphatic rings. The average Bonchev–Trinajstić information content (AvgIpc) is 2.84. The van der Waals surface area contributed by atoms with Crippen molar-refractivity contribution in [3.05, 3.63) is 65.0 Å². The molecule has 5 heteroatoms. The van der Waals surface area contributed by atoms with E-state index in [1.807, 2.05) is 30.3 Å². The van der Waals surface area contributed by atoms with Crippen LogP contribution in [0.5, 0.6) is 0 Å². The molecule has 0 unspecified atom stereocenters. The number of hydrogen-bond donors (Lipinski definition) is 1. The Labute approximate surface area is 124 Å². The molecule has 0 spiro atoms. The van der Waals surface area contributed by atoms with Crippen LogP contribution in [0.2, 0.25) is 0 Å². The number of nitrogens with two attached hydrogens (primary N) is 1.